The van der Waals surface area contributed by atoms with Gasteiger partial charge < -0.3 is 25.1 Å². The lowest BCUT2D eigenvalue weighted by molar-refractivity contribution is 0.0528. The molecule has 0 atom stereocenters. The zero-order valence-electron chi connectivity index (χ0n) is 12.8. The summed E-state index contributed by atoms with van der Waals surface area (Å²) in [7, 11) is 1.40. The van der Waals surface area contributed by atoms with Gasteiger partial charge in [-0.2, -0.15) is 0 Å². The van der Waals surface area contributed by atoms with Crippen molar-refractivity contribution in [3.05, 3.63) is 16.7 Å². The first-order valence-electron chi connectivity index (χ1n) is 6.66. The predicted molar refractivity (Wildman–Crippen MR) is 78.8 cm³/mol. The number of nitrogens with one attached hydrogen (secondary N) is 3. The number of anilines is 1. The van der Waals surface area contributed by atoms with Gasteiger partial charge in [-0.1, -0.05) is 0 Å². The molecule has 1 heterocycles. The average Bonchev–Trinajstić information content (AvgIpc) is 2.36. The van der Waals surface area contributed by atoms with Crippen LogP contribution in [0.1, 0.15) is 27.2 Å². The summed E-state index contributed by atoms with van der Waals surface area (Å²) in [6.07, 6.45) is 1.50. The molecule has 0 spiro atoms. The van der Waals surface area contributed by atoms with E-state index >= 15 is 0 Å². The highest BCUT2D eigenvalue weighted by Gasteiger charge is 2.15. The van der Waals surface area contributed by atoms with Crippen molar-refractivity contribution in [2.75, 3.05) is 25.5 Å². The number of aromatic amines is 1. The molecule has 0 saturated heterocycles. The van der Waals surface area contributed by atoms with Crippen molar-refractivity contribution in [1.29, 1.82) is 0 Å². The number of aromatic nitrogens is 2. The van der Waals surface area contributed by atoms with E-state index in [1.54, 1.807) is 20.8 Å². The summed E-state index contributed by atoms with van der Waals surface area (Å²) in [6.45, 7) is 6.40. The number of alkyl carbamates (subject to hydrolysis) is 1. The molecule has 0 fully saturated rings. The van der Waals surface area contributed by atoms with Crippen molar-refractivity contribution < 1.29 is 14.3 Å². The van der Waals surface area contributed by atoms with Crippen LogP contribution in [0, 0.1) is 0 Å². The van der Waals surface area contributed by atoms with Crippen molar-refractivity contribution in [2.24, 2.45) is 0 Å². The highest BCUT2D eigenvalue weighted by Crippen LogP contribution is 2.13. The number of rotatable bonds is 6. The quantitative estimate of drug-likeness (QED) is 0.679. The number of methoxy groups -OCH3 is 1. The maximum absolute atomic E-state index is 11.4. The van der Waals surface area contributed by atoms with E-state index in [0.29, 0.717) is 25.3 Å². The van der Waals surface area contributed by atoms with Crippen LogP contribution >= 0.6 is 0 Å². The Morgan fingerprint density at radius 2 is 2.10 bits per heavy atom. The van der Waals surface area contributed by atoms with Gasteiger partial charge in [-0.05, 0) is 27.2 Å². The average molecular weight is 298 g/mol. The van der Waals surface area contributed by atoms with Crippen molar-refractivity contribution >= 4 is 11.9 Å². The van der Waals surface area contributed by atoms with Gasteiger partial charge in [0.1, 0.15) is 5.60 Å². The van der Waals surface area contributed by atoms with Gasteiger partial charge in [-0.15, -0.1) is 0 Å². The molecule has 0 radical (unpaired) electrons. The lowest BCUT2D eigenvalue weighted by Crippen LogP contribution is -2.33. The first-order chi connectivity index (χ1) is 9.83. The highest BCUT2D eigenvalue weighted by atomic mass is 16.6. The largest absolute Gasteiger partial charge is 0.489 e. The summed E-state index contributed by atoms with van der Waals surface area (Å²) in [5, 5.41) is 5.62. The number of nitrogens with zero attached hydrogens (tertiary/aromatic N) is 1. The minimum atomic E-state index is -0.509. The summed E-state index contributed by atoms with van der Waals surface area (Å²) in [5.41, 5.74) is -0.855. The van der Waals surface area contributed by atoms with Gasteiger partial charge in [-0.25, -0.2) is 9.78 Å². The Hall–Kier alpha value is -2.25. The Labute approximate surface area is 123 Å². The lowest BCUT2D eigenvalue weighted by Gasteiger charge is -2.19. The van der Waals surface area contributed by atoms with Crippen LogP contribution in [0.3, 0.4) is 0 Å². The normalized spacial score (nSPS) is 10.9. The van der Waals surface area contributed by atoms with Crippen LogP contribution in [0.5, 0.6) is 5.75 Å². The summed E-state index contributed by atoms with van der Waals surface area (Å²) in [5.74, 6) is 0.510. The van der Waals surface area contributed by atoms with E-state index < -0.39 is 11.7 Å². The number of ether oxygens (including phenoxy) is 2. The molecule has 1 rings (SSSR count). The minimum absolute atomic E-state index is 0.137. The Kier molecular flexibility index (Phi) is 6.01. The third kappa shape index (κ3) is 6.15. The molecule has 1 amide bonds. The molecule has 0 unspecified atom stereocenters. The highest BCUT2D eigenvalue weighted by molar-refractivity contribution is 5.67. The van der Waals surface area contributed by atoms with Crippen LogP contribution in [0.4, 0.5) is 10.6 Å². The van der Waals surface area contributed by atoms with Gasteiger partial charge in [-0.3, -0.25) is 4.79 Å². The van der Waals surface area contributed by atoms with Gasteiger partial charge in [0.15, 0.2) is 5.82 Å². The van der Waals surface area contributed by atoms with E-state index in [4.69, 9.17) is 9.47 Å². The first kappa shape index (κ1) is 16.8. The molecule has 21 heavy (non-hydrogen) atoms. The number of amides is 1. The van der Waals surface area contributed by atoms with Crippen molar-refractivity contribution in [1.82, 2.24) is 15.3 Å². The maximum Gasteiger partial charge on any atom is 0.407 e. The van der Waals surface area contributed by atoms with E-state index in [1.807, 2.05) is 0 Å². The van der Waals surface area contributed by atoms with Gasteiger partial charge >= 0.3 is 6.09 Å². The molecular weight excluding hydrogens is 276 g/mol. The third-order valence-corrected chi connectivity index (χ3v) is 2.33. The zero-order chi connectivity index (χ0) is 15.9. The van der Waals surface area contributed by atoms with E-state index in [2.05, 4.69) is 20.6 Å². The van der Waals surface area contributed by atoms with E-state index in [1.165, 1.54) is 13.4 Å². The monoisotopic (exact) mass is 298 g/mol. The van der Waals surface area contributed by atoms with Crippen LogP contribution in [0.2, 0.25) is 0 Å². The second-order valence-corrected chi connectivity index (χ2v) is 5.32. The third-order valence-electron chi connectivity index (χ3n) is 2.33. The van der Waals surface area contributed by atoms with E-state index in [-0.39, 0.29) is 11.3 Å². The van der Waals surface area contributed by atoms with Gasteiger partial charge in [0.2, 0.25) is 5.75 Å². The fourth-order valence-corrected chi connectivity index (χ4v) is 1.50. The van der Waals surface area contributed by atoms with Crippen LogP contribution < -0.4 is 20.9 Å². The van der Waals surface area contributed by atoms with Gasteiger partial charge in [0.05, 0.1) is 13.4 Å². The number of H-pyrrole nitrogens is 1. The Balaban J connectivity index is 2.31. The standard InChI is InChI=1S/C13H22N4O4/c1-13(2,3)21-12(19)15-7-5-6-14-10-9(20-4)11(18)17-8-16-10/h8H,5-7H2,1-4H3,(H,15,19)(H2,14,16,17,18). The first-order valence-corrected chi connectivity index (χ1v) is 6.66. The van der Waals surface area contributed by atoms with Gasteiger partial charge in [0.25, 0.3) is 5.56 Å². The fourth-order valence-electron chi connectivity index (χ4n) is 1.50. The minimum Gasteiger partial charge on any atom is -0.489 e. The summed E-state index contributed by atoms with van der Waals surface area (Å²) >= 11 is 0. The molecule has 0 saturated carbocycles. The van der Waals surface area contributed by atoms with E-state index in [9.17, 15) is 9.59 Å². The topological polar surface area (TPSA) is 105 Å². The molecule has 0 aliphatic heterocycles. The predicted octanol–water partition coefficient (Wildman–Crippen LogP) is 1.11. The Morgan fingerprint density at radius 1 is 1.38 bits per heavy atom. The van der Waals surface area contributed by atoms with E-state index in [0.717, 1.165) is 0 Å². The Morgan fingerprint density at radius 3 is 2.71 bits per heavy atom. The molecule has 8 nitrogen and oxygen atoms in total. The molecule has 0 aliphatic carbocycles. The SMILES string of the molecule is COc1c(NCCCNC(=O)OC(C)(C)C)nc[nH]c1=O. The lowest BCUT2D eigenvalue weighted by atomic mass is 10.2. The van der Waals surface area contributed by atoms with Crippen molar-refractivity contribution in [2.45, 2.75) is 32.8 Å². The molecule has 0 aromatic carbocycles. The fraction of sp³-hybridized carbons (Fsp3) is 0.615. The Bertz CT molecular complexity index is 522. The molecule has 118 valence electrons. The summed E-state index contributed by atoms with van der Waals surface area (Å²) in [4.78, 5) is 29.3. The zero-order valence-corrected chi connectivity index (χ0v) is 12.8. The number of carbonyl (C=O) groups excluding carboxylic acids is 1. The molecule has 0 aliphatic rings. The van der Waals surface area contributed by atoms with Crippen LogP contribution in [0.25, 0.3) is 0 Å². The van der Waals surface area contributed by atoms with Crippen LogP contribution in [-0.4, -0.2) is 41.9 Å². The maximum atomic E-state index is 11.4. The van der Waals surface area contributed by atoms with Crippen LogP contribution in [0.15, 0.2) is 11.1 Å². The molecular formula is C13H22N4O4. The second kappa shape index (κ2) is 7.51. The number of carbonyl (C=O) groups is 1. The number of hydrogen-bond acceptors (Lipinski definition) is 6. The summed E-state index contributed by atoms with van der Waals surface area (Å²) < 4.78 is 10.1. The second-order valence-electron chi connectivity index (χ2n) is 5.32. The van der Waals surface area contributed by atoms with Crippen LogP contribution in [-0.2, 0) is 4.74 Å². The molecule has 8 heteroatoms. The summed E-state index contributed by atoms with van der Waals surface area (Å²) in [6, 6.07) is 0. The number of hydrogen-bond donors (Lipinski definition) is 3. The molecule has 1 aromatic rings. The molecule has 0 bridgehead atoms. The van der Waals surface area contributed by atoms with Crippen molar-refractivity contribution in [3.63, 3.8) is 0 Å². The smallest absolute Gasteiger partial charge is 0.407 e. The van der Waals surface area contributed by atoms with Crippen molar-refractivity contribution in [3.8, 4) is 5.75 Å². The molecule has 3 N–H and O–H groups in total. The molecule has 1 aromatic heterocycles. The van der Waals surface area contributed by atoms with Gasteiger partial charge in [0, 0.05) is 13.1 Å².